The fraction of sp³-hybridized carbons (Fsp3) is 1.00. The van der Waals surface area contributed by atoms with Gasteiger partial charge >= 0.3 is 0 Å². The third-order valence-corrected chi connectivity index (χ3v) is 2.30. The van der Waals surface area contributed by atoms with Crippen molar-refractivity contribution in [1.82, 2.24) is 0 Å². The summed E-state index contributed by atoms with van der Waals surface area (Å²) in [5.41, 5.74) is 5.94. The van der Waals surface area contributed by atoms with E-state index in [1.54, 1.807) is 0 Å². The SMILES string of the molecule is CC(C)CCC(N)CC1OCCO1. The molecule has 1 aliphatic rings. The molecular weight excluding hydrogens is 166 g/mol. The van der Waals surface area contributed by atoms with Gasteiger partial charge in [-0.15, -0.1) is 0 Å². The van der Waals surface area contributed by atoms with E-state index in [0.29, 0.717) is 0 Å². The van der Waals surface area contributed by atoms with E-state index in [1.165, 1.54) is 6.42 Å². The van der Waals surface area contributed by atoms with Crippen LogP contribution in [0.4, 0.5) is 0 Å². The van der Waals surface area contributed by atoms with Gasteiger partial charge < -0.3 is 15.2 Å². The monoisotopic (exact) mass is 187 g/mol. The Hall–Kier alpha value is -0.120. The molecule has 1 fully saturated rings. The molecule has 0 spiro atoms. The zero-order valence-electron chi connectivity index (χ0n) is 8.66. The van der Waals surface area contributed by atoms with Crippen LogP contribution in [0.5, 0.6) is 0 Å². The molecule has 2 N–H and O–H groups in total. The van der Waals surface area contributed by atoms with Gasteiger partial charge in [0.25, 0.3) is 0 Å². The molecule has 0 aromatic rings. The number of nitrogens with two attached hydrogens (primary N) is 1. The normalized spacial score (nSPS) is 21.2. The molecule has 0 radical (unpaired) electrons. The van der Waals surface area contributed by atoms with Gasteiger partial charge in [-0.1, -0.05) is 13.8 Å². The topological polar surface area (TPSA) is 44.5 Å². The van der Waals surface area contributed by atoms with E-state index in [-0.39, 0.29) is 12.3 Å². The van der Waals surface area contributed by atoms with Crippen LogP contribution in [-0.2, 0) is 9.47 Å². The molecule has 0 amide bonds. The molecule has 3 heteroatoms. The lowest BCUT2D eigenvalue weighted by molar-refractivity contribution is -0.0511. The van der Waals surface area contributed by atoms with Crippen LogP contribution >= 0.6 is 0 Å². The van der Waals surface area contributed by atoms with Gasteiger partial charge in [-0.25, -0.2) is 0 Å². The lowest BCUT2D eigenvalue weighted by Gasteiger charge is -2.16. The third-order valence-electron chi connectivity index (χ3n) is 2.30. The Morgan fingerprint density at radius 1 is 1.23 bits per heavy atom. The highest BCUT2D eigenvalue weighted by Gasteiger charge is 2.18. The van der Waals surface area contributed by atoms with Crippen LogP contribution in [0.1, 0.15) is 33.1 Å². The molecule has 13 heavy (non-hydrogen) atoms. The molecule has 0 bridgehead atoms. The van der Waals surface area contributed by atoms with Gasteiger partial charge in [0, 0.05) is 12.5 Å². The summed E-state index contributed by atoms with van der Waals surface area (Å²) in [6.07, 6.45) is 3.06. The average Bonchev–Trinajstić information content (AvgIpc) is 2.53. The van der Waals surface area contributed by atoms with E-state index in [9.17, 15) is 0 Å². The van der Waals surface area contributed by atoms with Crippen LogP contribution in [0.15, 0.2) is 0 Å². The number of hydrogen-bond acceptors (Lipinski definition) is 3. The molecule has 1 atom stereocenters. The maximum Gasteiger partial charge on any atom is 0.159 e. The first-order valence-electron chi connectivity index (χ1n) is 5.17. The Morgan fingerprint density at radius 3 is 2.38 bits per heavy atom. The summed E-state index contributed by atoms with van der Waals surface area (Å²) in [4.78, 5) is 0. The van der Waals surface area contributed by atoms with Gasteiger partial charge in [-0.05, 0) is 18.8 Å². The van der Waals surface area contributed by atoms with Crippen molar-refractivity contribution < 1.29 is 9.47 Å². The predicted octanol–water partition coefficient (Wildman–Crippen LogP) is 1.51. The molecule has 0 saturated carbocycles. The van der Waals surface area contributed by atoms with Gasteiger partial charge in [0.15, 0.2) is 6.29 Å². The maximum absolute atomic E-state index is 5.94. The van der Waals surface area contributed by atoms with E-state index in [1.807, 2.05) is 0 Å². The quantitative estimate of drug-likeness (QED) is 0.709. The minimum Gasteiger partial charge on any atom is -0.350 e. The molecule has 1 aliphatic heterocycles. The Labute approximate surface area is 80.6 Å². The second-order valence-corrected chi connectivity index (χ2v) is 4.14. The summed E-state index contributed by atoms with van der Waals surface area (Å²) < 4.78 is 10.7. The average molecular weight is 187 g/mol. The summed E-state index contributed by atoms with van der Waals surface area (Å²) in [6.45, 7) is 5.88. The fourth-order valence-electron chi connectivity index (χ4n) is 1.46. The molecular formula is C10H21NO2. The van der Waals surface area contributed by atoms with E-state index in [2.05, 4.69) is 13.8 Å². The summed E-state index contributed by atoms with van der Waals surface area (Å²) in [5.74, 6) is 0.733. The standard InChI is InChI=1S/C10H21NO2/c1-8(2)3-4-9(11)7-10-12-5-6-13-10/h8-10H,3-7,11H2,1-2H3. The first-order chi connectivity index (χ1) is 6.18. The molecule has 78 valence electrons. The van der Waals surface area contributed by atoms with Crippen molar-refractivity contribution in [3.8, 4) is 0 Å². The lowest BCUT2D eigenvalue weighted by Crippen LogP contribution is -2.27. The molecule has 1 saturated heterocycles. The van der Waals surface area contributed by atoms with Gasteiger partial charge in [0.05, 0.1) is 13.2 Å². The maximum atomic E-state index is 5.94. The summed E-state index contributed by atoms with van der Waals surface area (Å²) in [6, 6.07) is 0.227. The van der Waals surface area contributed by atoms with Gasteiger partial charge in [-0.3, -0.25) is 0 Å². The molecule has 0 aromatic carbocycles. The highest BCUT2D eigenvalue weighted by molar-refractivity contribution is 4.66. The van der Waals surface area contributed by atoms with Crippen LogP contribution < -0.4 is 5.73 Å². The van der Waals surface area contributed by atoms with Crippen molar-refractivity contribution >= 4 is 0 Å². The highest BCUT2D eigenvalue weighted by atomic mass is 16.7. The first-order valence-corrected chi connectivity index (χ1v) is 5.17. The molecule has 1 heterocycles. The van der Waals surface area contributed by atoms with Gasteiger partial charge in [-0.2, -0.15) is 0 Å². The van der Waals surface area contributed by atoms with Crippen LogP contribution in [0.3, 0.4) is 0 Å². The molecule has 1 unspecified atom stereocenters. The van der Waals surface area contributed by atoms with Crippen molar-refractivity contribution in [2.24, 2.45) is 11.7 Å². The lowest BCUT2D eigenvalue weighted by atomic mass is 10.0. The van der Waals surface area contributed by atoms with Crippen molar-refractivity contribution in [1.29, 1.82) is 0 Å². The highest BCUT2D eigenvalue weighted by Crippen LogP contribution is 2.14. The number of hydrogen-bond donors (Lipinski definition) is 1. The molecule has 1 rings (SSSR count). The van der Waals surface area contributed by atoms with Crippen LogP contribution in [-0.4, -0.2) is 25.5 Å². The Kier molecular flexibility index (Phi) is 4.70. The van der Waals surface area contributed by atoms with Crippen LogP contribution in [0.2, 0.25) is 0 Å². The Morgan fingerprint density at radius 2 is 1.85 bits per heavy atom. The second kappa shape index (κ2) is 5.58. The zero-order valence-corrected chi connectivity index (χ0v) is 8.66. The second-order valence-electron chi connectivity index (χ2n) is 4.14. The summed E-state index contributed by atoms with van der Waals surface area (Å²) in [7, 11) is 0. The minimum atomic E-state index is -0.0397. The van der Waals surface area contributed by atoms with Gasteiger partial charge in [0.2, 0.25) is 0 Å². The summed E-state index contributed by atoms with van der Waals surface area (Å²) in [5, 5.41) is 0. The van der Waals surface area contributed by atoms with E-state index in [0.717, 1.165) is 32.0 Å². The number of ether oxygens (including phenoxy) is 2. The molecule has 0 aromatic heterocycles. The first kappa shape index (κ1) is 11.0. The number of rotatable bonds is 5. The largest absolute Gasteiger partial charge is 0.350 e. The fourth-order valence-corrected chi connectivity index (χ4v) is 1.46. The van der Waals surface area contributed by atoms with Crippen molar-refractivity contribution in [2.45, 2.75) is 45.4 Å². The zero-order chi connectivity index (χ0) is 9.68. The van der Waals surface area contributed by atoms with Crippen molar-refractivity contribution in [2.75, 3.05) is 13.2 Å². The van der Waals surface area contributed by atoms with E-state index < -0.39 is 0 Å². The summed E-state index contributed by atoms with van der Waals surface area (Å²) >= 11 is 0. The van der Waals surface area contributed by atoms with Crippen molar-refractivity contribution in [3.05, 3.63) is 0 Å². The van der Waals surface area contributed by atoms with E-state index >= 15 is 0 Å². The third kappa shape index (κ3) is 4.60. The Bertz CT molecular complexity index is 133. The van der Waals surface area contributed by atoms with Crippen LogP contribution in [0.25, 0.3) is 0 Å². The molecule has 0 aliphatic carbocycles. The van der Waals surface area contributed by atoms with Crippen molar-refractivity contribution in [3.63, 3.8) is 0 Å². The predicted molar refractivity (Wildman–Crippen MR) is 52.4 cm³/mol. The van der Waals surface area contributed by atoms with Crippen LogP contribution in [0, 0.1) is 5.92 Å². The minimum absolute atomic E-state index is 0.0397. The Balaban J connectivity index is 2.05. The van der Waals surface area contributed by atoms with Gasteiger partial charge in [0.1, 0.15) is 0 Å². The molecule has 3 nitrogen and oxygen atoms in total. The van der Waals surface area contributed by atoms with E-state index in [4.69, 9.17) is 15.2 Å². The smallest absolute Gasteiger partial charge is 0.159 e.